The largest absolute Gasteiger partial charge is 0.480 e. The Kier molecular flexibility index (Phi) is 4.54. The molecule has 0 aromatic carbocycles. The van der Waals surface area contributed by atoms with Crippen LogP contribution in [0.4, 0.5) is 4.79 Å². The second-order valence-corrected chi connectivity index (χ2v) is 4.03. The number of nitrogens with two attached hydrogens (primary N) is 1. The molecule has 1 heterocycles. The molecule has 1 fully saturated rings. The topological polar surface area (TPSA) is 86.9 Å². The molecule has 1 rings (SSSR count). The summed E-state index contributed by atoms with van der Waals surface area (Å²) >= 11 is 0. The number of nitrogens with zero attached hydrogens (tertiary/aromatic N) is 2. The van der Waals surface area contributed by atoms with Crippen LogP contribution in [0.25, 0.3) is 0 Å². The van der Waals surface area contributed by atoms with Crippen molar-refractivity contribution in [2.75, 3.05) is 32.7 Å². The van der Waals surface area contributed by atoms with E-state index in [9.17, 15) is 9.59 Å². The number of likely N-dealkylation sites (tertiary alicyclic amines) is 1. The molecule has 6 heteroatoms. The van der Waals surface area contributed by atoms with Crippen LogP contribution in [0, 0.1) is 5.92 Å². The third-order valence-corrected chi connectivity index (χ3v) is 2.87. The Labute approximate surface area is 95.0 Å². The number of amides is 2. The predicted octanol–water partition coefficient (Wildman–Crippen LogP) is -0.206. The van der Waals surface area contributed by atoms with Gasteiger partial charge in [0.2, 0.25) is 0 Å². The highest BCUT2D eigenvalue weighted by Gasteiger charge is 2.28. The molecular formula is C10H19N3O3. The van der Waals surface area contributed by atoms with Crippen molar-refractivity contribution in [1.82, 2.24) is 9.80 Å². The van der Waals surface area contributed by atoms with E-state index in [0.717, 1.165) is 6.42 Å². The number of carboxylic acid groups (broad SMARTS) is 1. The van der Waals surface area contributed by atoms with Gasteiger partial charge in [0.15, 0.2) is 0 Å². The van der Waals surface area contributed by atoms with Crippen molar-refractivity contribution in [2.45, 2.75) is 13.3 Å². The van der Waals surface area contributed by atoms with Gasteiger partial charge in [-0.25, -0.2) is 4.79 Å². The average molecular weight is 229 g/mol. The predicted molar refractivity (Wildman–Crippen MR) is 59.0 cm³/mol. The van der Waals surface area contributed by atoms with E-state index in [0.29, 0.717) is 32.1 Å². The molecule has 1 atom stereocenters. The minimum Gasteiger partial charge on any atom is -0.480 e. The van der Waals surface area contributed by atoms with Crippen molar-refractivity contribution in [3.8, 4) is 0 Å². The lowest BCUT2D eigenvalue weighted by Gasteiger charge is -2.25. The fourth-order valence-corrected chi connectivity index (χ4v) is 1.88. The number of aliphatic carboxylic acids is 1. The van der Waals surface area contributed by atoms with Gasteiger partial charge in [-0.1, -0.05) is 0 Å². The van der Waals surface area contributed by atoms with E-state index in [1.807, 2.05) is 0 Å². The van der Waals surface area contributed by atoms with Crippen LogP contribution in [0.2, 0.25) is 0 Å². The minimum absolute atomic E-state index is 0.194. The van der Waals surface area contributed by atoms with Gasteiger partial charge >= 0.3 is 12.0 Å². The number of carboxylic acids is 1. The van der Waals surface area contributed by atoms with E-state index in [1.54, 1.807) is 11.8 Å². The van der Waals surface area contributed by atoms with Gasteiger partial charge in [0.05, 0.1) is 0 Å². The molecule has 16 heavy (non-hydrogen) atoms. The van der Waals surface area contributed by atoms with Crippen molar-refractivity contribution in [3.05, 3.63) is 0 Å². The average Bonchev–Trinajstić information content (AvgIpc) is 2.73. The van der Waals surface area contributed by atoms with Crippen LogP contribution in [0.3, 0.4) is 0 Å². The standard InChI is InChI=1S/C10H19N3O3/c1-2-12(7-9(14)15)10(16)13-4-3-8(5-11)6-13/h8H,2-7,11H2,1H3,(H,14,15). The Hall–Kier alpha value is -1.30. The van der Waals surface area contributed by atoms with Gasteiger partial charge in [0.1, 0.15) is 6.54 Å². The number of carbonyl (C=O) groups is 2. The third kappa shape index (κ3) is 3.10. The van der Waals surface area contributed by atoms with Gasteiger partial charge in [-0.3, -0.25) is 4.79 Å². The summed E-state index contributed by atoms with van der Waals surface area (Å²) in [6.45, 7) is 3.85. The first-order valence-corrected chi connectivity index (χ1v) is 5.54. The van der Waals surface area contributed by atoms with Crippen LogP contribution < -0.4 is 5.73 Å². The molecule has 0 radical (unpaired) electrons. The molecule has 1 unspecified atom stereocenters. The van der Waals surface area contributed by atoms with Crippen molar-refractivity contribution >= 4 is 12.0 Å². The van der Waals surface area contributed by atoms with Crippen molar-refractivity contribution in [2.24, 2.45) is 11.7 Å². The molecule has 0 aromatic rings. The van der Waals surface area contributed by atoms with Crippen LogP contribution in [0.1, 0.15) is 13.3 Å². The third-order valence-electron chi connectivity index (χ3n) is 2.87. The summed E-state index contributed by atoms with van der Waals surface area (Å²) in [6, 6.07) is -0.194. The summed E-state index contributed by atoms with van der Waals surface area (Å²) in [4.78, 5) is 25.5. The normalized spacial score (nSPS) is 19.9. The number of urea groups is 1. The van der Waals surface area contributed by atoms with Gasteiger partial charge in [-0.05, 0) is 25.8 Å². The zero-order chi connectivity index (χ0) is 12.1. The summed E-state index contributed by atoms with van der Waals surface area (Å²) in [7, 11) is 0. The van der Waals surface area contributed by atoms with E-state index in [-0.39, 0.29) is 12.6 Å². The molecule has 6 nitrogen and oxygen atoms in total. The smallest absolute Gasteiger partial charge is 0.323 e. The Balaban J connectivity index is 2.52. The maximum Gasteiger partial charge on any atom is 0.323 e. The van der Waals surface area contributed by atoms with E-state index in [1.165, 1.54) is 4.90 Å². The molecule has 92 valence electrons. The molecule has 2 amide bonds. The number of carbonyl (C=O) groups excluding carboxylic acids is 1. The van der Waals surface area contributed by atoms with Gasteiger partial charge in [-0.2, -0.15) is 0 Å². The second-order valence-electron chi connectivity index (χ2n) is 4.03. The zero-order valence-corrected chi connectivity index (χ0v) is 9.56. The molecule has 0 saturated carbocycles. The van der Waals surface area contributed by atoms with Crippen molar-refractivity contribution < 1.29 is 14.7 Å². The molecule has 1 aliphatic rings. The summed E-state index contributed by atoms with van der Waals surface area (Å²) in [5.74, 6) is -0.628. The SMILES string of the molecule is CCN(CC(=O)O)C(=O)N1CCC(CN)C1. The lowest BCUT2D eigenvalue weighted by atomic mass is 10.1. The fraction of sp³-hybridized carbons (Fsp3) is 0.800. The minimum atomic E-state index is -0.982. The maximum absolute atomic E-state index is 11.9. The summed E-state index contributed by atoms with van der Waals surface area (Å²) < 4.78 is 0. The molecule has 0 aromatic heterocycles. The highest BCUT2D eigenvalue weighted by Crippen LogP contribution is 2.16. The summed E-state index contributed by atoms with van der Waals surface area (Å²) in [6.07, 6.45) is 0.910. The molecule has 3 N–H and O–H groups in total. The zero-order valence-electron chi connectivity index (χ0n) is 9.56. The van der Waals surface area contributed by atoms with Gasteiger partial charge in [0, 0.05) is 19.6 Å². The summed E-state index contributed by atoms with van der Waals surface area (Å²) in [5.41, 5.74) is 5.54. The molecule has 0 bridgehead atoms. The Morgan fingerprint density at radius 3 is 2.69 bits per heavy atom. The lowest BCUT2D eigenvalue weighted by Crippen LogP contribution is -2.44. The summed E-state index contributed by atoms with van der Waals surface area (Å²) in [5, 5.41) is 8.67. The Morgan fingerprint density at radius 1 is 1.56 bits per heavy atom. The van der Waals surface area contributed by atoms with Crippen LogP contribution in [0.5, 0.6) is 0 Å². The fourth-order valence-electron chi connectivity index (χ4n) is 1.88. The van der Waals surface area contributed by atoms with E-state index < -0.39 is 5.97 Å². The van der Waals surface area contributed by atoms with E-state index in [4.69, 9.17) is 10.8 Å². The van der Waals surface area contributed by atoms with Crippen LogP contribution in [-0.4, -0.2) is 59.6 Å². The van der Waals surface area contributed by atoms with Crippen LogP contribution in [-0.2, 0) is 4.79 Å². The van der Waals surface area contributed by atoms with Crippen molar-refractivity contribution in [1.29, 1.82) is 0 Å². The first kappa shape index (κ1) is 12.8. The van der Waals surface area contributed by atoms with Crippen molar-refractivity contribution in [3.63, 3.8) is 0 Å². The second kappa shape index (κ2) is 5.69. The van der Waals surface area contributed by atoms with E-state index >= 15 is 0 Å². The first-order valence-electron chi connectivity index (χ1n) is 5.54. The van der Waals surface area contributed by atoms with Crippen LogP contribution >= 0.6 is 0 Å². The lowest BCUT2D eigenvalue weighted by molar-refractivity contribution is -0.137. The highest BCUT2D eigenvalue weighted by molar-refractivity contribution is 5.80. The number of hydrogen-bond donors (Lipinski definition) is 2. The first-order chi connectivity index (χ1) is 7.58. The molecule has 0 spiro atoms. The Morgan fingerprint density at radius 2 is 2.25 bits per heavy atom. The molecule has 1 aliphatic heterocycles. The molecular weight excluding hydrogens is 210 g/mol. The van der Waals surface area contributed by atoms with Gasteiger partial charge in [-0.15, -0.1) is 0 Å². The van der Waals surface area contributed by atoms with Gasteiger partial charge in [0.25, 0.3) is 0 Å². The molecule has 1 saturated heterocycles. The Bertz CT molecular complexity index is 270. The van der Waals surface area contributed by atoms with Crippen LogP contribution in [0.15, 0.2) is 0 Å². The van der Waals surface area contributed by atoms with Gasteiger partial charge < -0.3 is 20.6 Å². The number of hydrogen-bond acceptors (Lipinski definition) is 3. The number of rotatable bonds is 4. The highest BCUT2D eigenvalue weighted by atomic mass is 16.4. The number of likely N-dealkylation sites (N-methyl/N-ethyl adjacent to an activating group) is 1. The monoisotopic (exact) mass is 229 g/mol. The van der Waals surface area contributed by atoms with E-state index in [2.05, 4.69) is 0 Å². The maximum atomic E-state index is 11.9. The quantitative estimate of drug-likeness (QED) is 0.698. The molecule has 0 aliphatic carbocycles.